The summed E-state index contributed by atoms with van der Waals surface area (Å²) in [4.78, 5) is 14.7. The van der Waals surface area contributed by atoms with Gasteiger partial charge in [-0.1, -0.05) is 12.1 Å². The SMILES string of the molecule is O=C(c1ccccc1OC[C@@H]1CCCO1)N1CCCNCC1. The molecule has 0 unspecified atom stereocenters. The van der Waals surface area contributed by atoms with Crippen molar-refractivity contribution in [3.05, 3.63) is 29.8 Å². The minimum atomic E-state index is 0.0617. The van der Waals surface area contributed by atoms with E-state index in [9.17, 15) is 4.79 Å². The molecule has 0 spiro atoms. The van der Waals surface area contributed by atoms with E-state index in [1.165, 1.54) is 0 Å². The molecule has 0 aliphatic carbocycles. The van der Waals surface area contributed by atoms with E-state index in [1.54, 1.807) is 0 Å². The summed E-state index contributed by atoms with van der Waals surface area (Å²) in [5, 5.41) is 3.32. The first kappa shape index (κ1) is 15.3. The summed E-state index contributed by atoms with van der Waals surface area (Å²) in [6.07, 6.45) is 3.28. The lowest BCUT2D eigenvalue weighted by atomic mass is 10.1. The zero-order valence-corrected chi connectivity index (χ0v) is 12.9. The molecular formula is C17H24N2O3. The quantitative estimate of drug-likeness (QED) is 0.919. The molecule has 1 N–H and O–H groups in total. The first-order valence-electron chi connectivity index (χ1n) is 8.18. The number of hydrogen-bond acceptors (Lipinski definition) is 4. The van der Waals surface area contributed by atoms with Crippen LogP contribution in [0.5, 0.6) is 5.75 Å². The largest absolute Gasteiger partial charge is 0.490 e. The van der Waals surface area contributed by atoms with Gasteiger partial charge in [0, 0.05) is 26.2 Å². The molecule has 2 aliphatic heterocycles. The van der Waals surface area contributed by atoms with E-state index >= 15 is 0 Å². The fraction of sp³-hybridized carbons (Fsp3) is 0.588. The fourth-order valence-electron chi connectivity index (χ4n) is 2.95. The van der Waals surface area contributed by atoms with Crippen molar-refractivity contribution in [3.8, 4) is 5.75 Å². The third-order valence-electron chi connectivity index (χ3n) is 4.19. The van der Waals surface area contributed by atoms with Gasteiger partial charge in [0.1, 0.15) is 12.4 Å². The molecule has 2 saturated heterocycles. The molecule has 3 rings (SSSR count). The highest BCUT2D eigenvalue weighted by Crippen LogP contribution is 2.22. The number of ether oxygens (including phenoxy) is 2. The Labute approximate surface area is 131 Å². The highest BCUT2D eigenvalue weighted by molar-refractivity contribution is 5.97. The topological polar surface area (TPSA) is 50.8 Å². The van der Waals surface area contributed by atoms with Crippen LogP contribution in [0.4, 0.5) is 0 Å². The van der Waals surface area contributed by atoms with Crippen molar-refractivity contribution in [3.63, 3.8) is 0 Å². The number of hydrogen-bond donors (Lipinski definition) is 1. The molecule has 2 heterocycles. The number of benzene rings is 1. The molecule has 1 aromatic rings. The molecular weight excluding hydrogens is 280 g/mol. The number of para-hydroxylation sites is 1. The molecule has 5 heteroatoms. The van der Waals surface area contributed by atoms with Gasteiger partial charge >= 0.3 is 0 Å². The second-order valence-corrected chi connectivity index (χ2v) is 5.84. The summed E-state index contributed by atoms with van der Waals surface area (Å²) < 4.78 is 11.5. The van der Waals surface area contributed by atoms with Gasteiger partial charge in [-0.2, -0.15) is 0 Å². The van der Waals surface area contributed by atoms with Gasteiger partial charge in [-0.15, -0.1) is 0 Å². The molecule has 1 aromatic carbocycles. The zero-order chi connectivity index (χ0) is 15.2. The van der Waals surface area contributed by atoms with Crippen LogP contribution in [0.25, 0.3) is 0 Å². The van der Waals surface area contributed by atoms with Crippen LogP contribution in [0.3, 0.4) is 0 Å². The van der Waals surface area contributed by atoms with E-state index < -0.39 is 0 Å². The van der Waals surface area contributed by atoms with E-state index in [0.717, 1.165) is 52.0 Å². The minimum Gasteiger partial charge on any atom is -0.490 e. The minimum absolute atomic E-state index is 0.0617. The average molecular weight is 304 g/mol. The van der Waals surface area contributed by atoms with Crippen molar-refractivity contribution in [2.75, 3.05) is 39.4 Å². The van der Waals surface area contributed by atoms with Crippen LogP contribution >= 0.6 is 0 Å². The first-order chi connectivity index (χ1) is 10.8. The number of nitrogens with one attached hydrogen (secondary N) is 1. The molecule has 0 radical (unpaired) electrons. The van der Waals surface area contributed by atoms with Crippen LogP contribution in [0.15, 0.2) is 24.3 Å². The number of rotatable bonds is 4. The molecule has 1 atom stereocenters. The molecule has 5 nitrogen and oxygen atoms in total. The predicted molar refractivity (Wildman–Crippen MR) is 84.3 cm³/mol. The van der Waals surface area contributed by atoms with Crippen LogP contribution in [0, 0.1) is 0 Å². The van der Waals surface area contributed by atoms with Crippen molar-refractivity contribution >= 4 is 5.91 Å². The maximum Gasteiger partial charge on any atom is 0.257 e. The van der Waals surface area contributed by atoms with Crippen molar-refractivity contribution in [1.82, 2.24) is 10.2 Å². The predicted octanol–water partition coefficient (Wildman–Crippen LogP) is 1.68. The third kappa shape index (κ3) is 3.78. The Morgan fingerprint density at radius 3 is 3.05 bits per heavy atom. The molecule has 2 aliphatic rings. The highest BCUT2D eigenvalue weighted by Gasteiger charge is 2.22. The summed E-state index contributed by atoms with van der Waals surface area (Å²) in [6, 6.07) is 7.53. The summed E-state index contributed by atoms with van der Waals surface area (Å²) in [5.41, 5.74) is 0.655. The Morgan fingerprint density at radius 1 is 1.27 bits per heavy atom. The van der Waals surface area contributed by atoms with E-state index in [4.69, 9.17) is 9.47 Å². The fourth-order valence-corrected chi connectivity index (χ4v) is 2.95. The zero-order valence-electron chi connectivity index (χ0n) is 12.9. The summed E-state index contributed by atoms with van der Waals surface area (Å²) in [7, 11) is 0. The van der Waals surface area contributed by atoms with Gasteiger partial charge in [-0.25, -0.2) is 0 Å². The Kier molecular flexibility index (Phi) is 5.29. The van der Waals surface area contributed by atoms with Gasteiger partial charge in [0.05, 0.1) is 11.7 Å². The monoisotopic (exact) mass is 304 g/mol. The summed E-state index contributed by atoms with van der Waals surface area (Å²) >= 11 is 0. The van der Waals surface area contributed by atoms with Gasteiger partial charge in [0.2, 0.25) is 0 Å². The first-order valence-corrected chi connectivity index (χ1v) is 8.18. The van der Waals surface area contributed by atoms with E-state index in [1.807, 2.05) is 29.2 Å². The average Bonchev–Trinajstić information content (AvgIpc) is 2.93. The standard InChI is InChI=1S/C17H24N2O3/c20-17(19-10-4-8-18-9-11-19)15-6-1-2-7-16(15)22-13-14-5-3-12-21-14/h1-2,6-7,14,18H,3-5,8-13H2/t14-/m0/s1. The second kappa shape index (κ2) is 7.61. The Balaban J connectivity index is 1.67. The van der Waals surface area contributed by atoms with E-state index in [2.05, 4.69) is 5.32 Å². The summed E-state index contributed by atoms with van der Waals surface area (Å²) in [6.45, 7) is 4.71. The lowest BCUT2D eigenvalue weighted by Gasteiger charge is -2.22. The van der Waals surface area contributed by atoms with Crippen molar-refractivity contribution in [2.45, 2.75) is 25.4 Å². The molecule has 0 bridgehead atoms. The van der Waals surface area contributed by atoms with Crippen LogP contribution in [0.1, 0.15) is 29.6 Å². The Morgan fingerprint density at radius 2 is 2.18 bits per heavy atom. The van der Waals surface area contributed by atoms with Crippen LogP contribution < -0.4 is 10.1 Å². The Bertz CT molecular complexity index is 492. The number of carbonyl (C=O) groups is 1. The van der Waals surface area contributed by atoms with Crippen molar-refractivity contribution in [1.29, 1.82) is 0 Å². The Hall–Kier alpha value is -1.59. The van der Waals surface area contributed by atoms with E-state index in [0.29, 0.717) is 17.9 Å². The van der Waals surface area contributed by atoms with Crippen LogP contribution in [-0.2, 0) is 4.74 Å². The molecule has 0 saturated carbocycles. The number of amides is 1. The smallest absolute Gasteiger partial charge is 0.257 e. The molecule has 0 aromatic heterocycles. The summed E-state index contributed by atoms with van der Waals surface area (Å²) in [5.74, 6) is 0.729. The van der Waals surface area contributed by atoms with Gasteiger partial charge in [0.15, 0.2) is 0 Å². The lowest BCUT2D eigenvalue weighted by molar-refractivity contribution is 0.0653. The van der Waals surface area contributed by atoms with Gasteiger partial charge < -0.3 is 19.7 Å². The maximum absolute atomic E-state index is 12.8. The maximum atomic E-state index is 12.8. The number of carbonyl (C=O) groups excluding carboxylic acids is 1. The number of nitrogens with zero attached hydrogens (tertiary/aromatic N) is 1. The van der Waals surface area contributed by atoms with Crippen LogP contribution in [-0.4, -0.2) is 56.3 Å². The molecule has 2 fully saturated rings. The molecule has 1 amide bonds. The van der Waals surface area contributed by atoms with Gasteiger partial charge in [0.25, 0.3) is 5.91 Å². The van der Waals surface area contributed by atoms with Gasteiger partial charge in [-0.05, 0) is 37.9 Å². The highest BCUT2D eigenvalue weighted by atomic mass is 16.5. The molecule has 22 heavy (non-hydrogen) atoms. The van der Waals surface area contributed by atoms with Gasteiger partial charge in [-0.3, -0.25) is 4.79 Å². The van der Waals surface area contributed by atoms with Crippen LogP contribution in [0.2, 0.25) is 0 Å². The third-order valence-corrected chi connectivity index (χ3v) is 4.19. The van der Waals surface area contributed by atoms with Crippen molar-refractivity contribution in [2.24, 2.45) is 0 Å². The van der Waals surface area contributed by atoms with Crippen molar-refractivity contribution < 1.29 is 14.3 Å². The second-order valence-electron chi connectivity index (χ2n) is 5.84. The normalized spacial score (nSPS) is 22.4. The lowest BCUT2D eigenvalue weighted by Crippen LogP contribution is -2.34. The molecule has 120 valence electrons. The van der Waals surface area contributed by atoms with E-state index in [-0.39, 0.29) is 12.0 Å².